The summed E-state index contributed by atoms with van der Waals surface area (Å²) in [5.41, 5.74) is 4.94. The molecule has 4 atom stereocenters. The molecule has 0 saturated carbocycles. The van der Waals surface area contributed by atoms with E-state index in [2.05, 4.69) is 5.32 Å². The number of nitrogens with zero attached hydrogens (tertiary/aromatic N) is 1. The summed E-state index contributed by atoms with van der Waals surface area (Å²) in [6.07, 6.45) is -3.78. The Labute approximate surface area is 319 Å². The molecular weight excluding hydrogens is 719 g/mol. The van der Waals surface area contributed by atoms with Crippen molar-refractivity contribution in [3.63, 3.8) is 0 Å². The molecule has 3 N–H and O–H groups in total. The number of ether oxygens (including phenoxy) is 4. The Balaban J connectivity index is 1.64. The molecule has 3 aromatic rings. The van der Waals surface area contributed by atoms with Crippen molar-refractivity contribution in [2.24, 2.45) is 5.73 Å². The van der Waals surface area contributed by atoms with Crippen molar-refractivity contribution in [1.29, 1.82) is 0 Å². The maximum absolute atomic E-state index is 15.7. The second-order valence-corrected chi connectivity index (χ2v) is 15.6. The third-order valence-corrected chi connectivity index (χ3v) is 8.88. The van der Waals surface area contributed by atoms with Crippen LogP contribution in [0.1, 0.15) is 83.1 Å². The quantitative estimate of drug-likeness (QED) is 0.182. The van der Waals surface area contributed by atoms with E-state index in [1.54, 1.807) is 54.5 Å². The number of rotatable bonds is 12. The van der Waals surface area contributed by atoms with Crippen LogP contribution < -0.4 is 11.1 Å². The summed E-state index contributed by atoms with van der Waals surface area (Å²) < 4.78 is 66.1. The van der Waals surface area contributed by atoms with Crippen LogP contribution in [-0.2, 0) is 36.6 Å². The van der Waals surface area contributed by atoms with Gasteiger partial charge >= 0.3 is 18.3 Å². The number of benzene rings is 3. The molecule has 0 bridgehead atoms. The molecule has 0 aliphatic carbocycles. The lowest BCUT2D eigenvalue weighted by Gasteiger charge is -2.43. The molecule has 14 heteroatoms. The predicted octanol–water partition coefficient (Wildman–Crippen LogP) is 7.36. The third-order valence-electron chi connectivity index (χ3n) is 8.88. The van der Waals surface area contributed by atoms with E-state index in [9.17, 15) is 28.0 Å². The van der Waals surface area contributed by atoms with Gasteiger partial charge < -0.3 is 30.0 Å². The minimum Gasteiger partial charge on any atom is -0.447 e. The molecule has 1 saturated heterocycles. The zero-order chi connectivity index (χ0) is 40.7. The average Bonchev–Trinajstić information content (AvgIpc) is 3.07. The van der Waals surface area contributed by atoms with Gasteiger partial charge in [0.2, 0.25) is 0 Å². The van der Waals surface area contributed by atoms with Gasteiger partial charge in [-0.1, -0.05) is 36.4 Å². The minimum absolute atomic E-state index is 0.0354. The zero-order valence-electron chi connectivity index (χ0n) is 32.2. The molecule has 1 aliphatic heterocycles. The molecule has 3 aromatic carbocycles. The van der Waals surface area contributed by atoms with Crippen molar-refractivity contribution in [1.82, 2.24) is 10.2 Å². The molecule has 1 fully saturated rings. The maximum Gasteiger partial charge on any atom is 0.410 e. The average molecular weight is 770 g/mol. The van der Waals surface area contributed by atoms with Gasteiger partial charge in [-0.3, -0.25) is 9.69 Å². The van der Waals surface area contributed by atoms with Crippen molar-refractivity contribution in [2.75, 3.05) is 13.2 Å². The summed E-state index contributed by atoms with van der Waals surface area (Å²) in [5.74, 6) is -3.05. The summed E-state index contributed by atoms with van der Waals surface area (Å²) in [7, 11) is 0. The van der Waals surface area contributed by atoms with Crippen LogP contribution in [0.2, 0.25) is 0 Å². The molecule has 0 unspecified atom stereocenters. The van der Waals surface area contributed by atoms with Gasteiger partial charge in [0, 0.05) is 12.3 Å². The molecule has 298 valence electrons. The van der Waals surface area contributed by atoms with Gasteiger partial charge in [-0.15, -0.1) is 0 Å². The lowest BCUT2D eigenvalue weighted by atomic mass is 9.81. The highest BCUT2D eigenvalue weighted by Crippen LogP contribution is 2.32. The van der Waals surface area contributed by atoms with Gasteiger partial charge in [0.05, 0.1) is 24.8 Å². The van der Waals surface area contributed by atoms with Gasteiger partial charge in [-0.25, -0.2) is 27.6 Å². The van der Waals surface area contributed by atoms with Gasteiger partial charge in [0.15, 0.2) is 5.78 Å². The smallest absolute Gasteiger partial charge is 0.410 e. The van der Waals surface area contributed by atoms with Gasteiger partial charge in [0.1, 0.15) is 41.3 Å². The zero-order valence-corrected chi connectivity index (χ0v) is 32.2. The molecule has 1 heterocycles. The number of primary amides is 1. The van der Waals surface area contributed by atoms with E-state index in [1.165, 1.54) is 65.6 Å². The molecule has 3 amide bonds. The predicted molar refractivity (Wildman–Crippen MR) is 198 cm³/mol. The first kappa shape index (κ1) is 42.6. The fraction of sp³-hybridized carbons (Fsp3) is 0.463. The normalized spacial score (nSPS) is 18.0. The van der Waals surface area contributed by atoms with E-state index < -0.39 is 82.9 Å². The molecule has 11 nitrogen and oxygen atoms in total. The number of Topliss-reactive ketones (excluding diaryl/α,β-unsaturated/α-hetero) is 1. The number of nitrogens with one attached hydrogen (secondary N) is 1. The fourth-order valence-electron chi connectivity index (χ4n) is 6.48. The van der Waals surface area contributed by atoms with E-state index in [4.69, 9.17) is 24.7 Å². The fourth-order valence-corrected chi connectivity index (χ4v) is 6.48. The summed E-state index contributed by atoms with van der Waals surface area (Å²) >= 11 is 0. The van der Waals surface area contributed by atoms with E-state index >= 15 is 4.39 Å². The van der Waals surface area contributed by atoms with Crippen molar-refractivity contribution >= 4 is 24.1 Å². The Kier molecular flexibility index (Phi) is 14.0. The number of halogens is 3. The topological polar surface area (TPSA) is 146 Å². The van der Waals surface area contributed by atoms with Crippen LogP contribution in [0.5, 0.6) is 0 Å². The summed E-state index contributed by atoms with van der Waals surface area (Å²) in [6, 6.07) is 13.1. The highest BCUT2D eigenvalue weighted by Gasteiger charge is 2.40. The first-order chi connectivity index (χ1) is 25.7. The van der Waals surface area contributed by atoms with E-state index in [1.807, 2.05) is 0 Å². The third kappa shape index (κ3) is 12.5. The van der Waals surface area contributed by atoms with Crippen molar-refractivity contribution in [3.8, 4) is 0 Å². The van der Waals surface area contributed by atoms with Crippen LogP contribution in [0.4, 0.5) is 27.6 Å². The van der Waals surface area contributed by atoms with Gasteiger partial charge in [-0.05, 0) is 114 Å². The van der Waals surface area contributed by atoms with E-state index in [-0.39, 0.29) is 38.0 Å². The minimum atomic E-state index is -1.31. The number of carbonyl (C=O) groups is 4. The largest absolute Gasteiger partial charge is 0.447 e. The maximum atomic E-state index is 15.7. The number of amides is 3. The second-order valence-electron chi connectivity index (χ2n) is 15.6. The van der Waals surface area contributed by atoms with E-state index in [0.717, 1.165) is 0 Å². The number of nitrogens with two attached hydrogens (primary N) is 1. The number of morpholine rings is 1. The Bertz CT molecular complexity index is 1760. The van der Waals surface area contributed by atoms with Gasteiger partial charge in [0.25, 0.3) is 0 Å². The Morgan fingerprint density at radius 3 is 1.96 bits per heavy atom. The molecule has 1 aliphatic rings. The number of hydrogen-bond donors (Lipinski definition) is 2. The van der Waals surface area contributed by atoms with Crippen LogP contribution in [0.25, 0.3) is 0 Å². The number of ketones is 1. The van der Waals surface area contributed by atoms with Crippen LogP contribution in [-0.4, -0.2) is 77.6 Å². The monoisotopic (exact) mass is 769 g/mol. The Morgan fingerprint density at radius 1 is 0.873 bits per heavy atom. The standard InChI is InChI=1S/C41H50F3N3O8/c1-24-33(23-52-37(45)49)47(39(51)55-41(5,6)7)22-30(53-24)19-20-31-27(9-8-10-32(31)44)21-34(48)36(46-38(50)54-40(2,3)4)35(25-11-15-28(42)16-12-25)26-13-17-29(43)18-14-26/h8-18,24,30,33,35-36H,19-23H2,1-7H3,(H2,45,49)(H,46,50)/t24-,30+,33+,36+/m0/s1. The Hall–Kier alpha value is -5.11. The molecule has 0 spiro atoms. The van der Waals surface area contributed by atoms with Crippen LogP contribution in [0, 0.1) is 17.5 Å². The SMILES string of the molecule is C[C@@H]1O[C@H](CCc2c(F)cccc2CC(=O)[C@@H](NC(=O)OC(C)(C)C)C(c2ccc(F)cc2)c2ccc(F)cc2)CN(C(=O)OC(C)(C)C)[C@@H]1COC(N)=O. The summed E-state index contributed by atoms with van der Waals surface area (Å²) in [4.78, 5) is 53.8. The van der Waals surface area contributed by atoms with Crippen molar-refractivity contribution in [3.05, 3.63) is 106 Å². The highest BCUT2D eigenvalue weighted by atomic mass is 19.1. The highest BCUT2D eigenvalue weighted by molar-refractivity contribution is 5.91. The van der Waals surface area contributed by atoms with Crippen molar-refractivity contribution in [2.45, 2.75) is 109 Å². The first-order valence-electron chi connectivity index (χ1n) is 18.1. The van der Waals surface area contributed by atoms with E-state index in [0.29, 0.717) is 16.7 Å². The second kappa shape index (κ2) is 18.0. The molecule has 55 heavy (non-hydrogen) atoms. The number of carbonyl (C=O) groups excluding carboxylic acids is 4. The lowest BCUT2D eigenvalue weighted by Crippen LogP contribution is -2.59. The summed E-state index contributed by atoms with van der Waals surface area (Å²) in [6.45, 7) is 11.7. The van der Waals surface area contributed by atoms with Crippen LogP contribution in [0.3, 0.4) is 0 Å². The lowest BCUT2D eigenvalue weighted by molar-refractivity contribution is -0.122. The molecule has 4 rings (SSSR count). The van der Waals surface area contributed by atoms with Crippen LogP contribution >= 0.6 is 0 Å². The Morgan fingerprint density at radius 2 is 1.44 bits per heavy atom. The molecule has 0 radical (unpaired) electrons. The van der Waals surface area contributed by atoms with Crippen LogP contribution in [0.15, 0.2) is 66.7 Å². The van der Waals surface area contributed by atoms with Gasteiger partial charge in [-0.2, -0.15) is 0 Å². The first-order valence-corrected chi connectivity index (χ1v) is 18.1. The molecule has 0 aromatic heterocycles. The number of hydrogen-bond acceptors (Lipinski definition) is 8. The number of alkyl carbamates (subject to hydrolysis) is 1. The molecular formula is C41H50F3N3O8. The summed E-state index contributed by atoms with van der Waals surface area (Å²) in [5, 5.41) is 2.69. The van der Waals surface area contributed by atoms with Crippen molar-refractivity contribution < 1.29 is 51.3 Å².